The second-order valence-corrected chi connectivity index (χ2v) is 5.17. The van der Waals surface area contributed by atoms with Crippen LogP contribution < -0.4 is 5.32 Å². The second-order valence-electron chi connectivity index (χ2n) is 3.93. The maximum Gasteiger partial charge on any atom is 0.337 e. The van der Waals surface area contributed by atoms with E-state index in [2.05, 4.69) is 27.9 Å². The number of carboxylic acid groups (broad SMARTS) is 1. The standard InChI is InChI=1S/C14H9FINO3/c15-11-3-1-2-10(14(19)20)12(11)17-13(18)8-4-6-9(16)7-5-8/h1-7H,(H,17,18)(H,19,20). The van der Waals surface area contributed by atoms with Crippen LogP contribution in [-0.4, -0.2) is 17.0 Å². The smallest absolute Gasteiger partial charge is 0.337 e. The Morgan fingerprint density at radius 1 is 1.10 bits per heavy atom. The zero-order chi connectivity index (χ0) is 14.7. The van der Waals surface area contributed by atoms with Crippen LogP contribution in [0.1, 0.15) is 20.7 Å². The van der Waals surface area contributed by atoms with Gasteiger partial charge in [-0.05, 0) is 59.0 Å². The number of hydrogen-bond donors (Lipinski definition) is 2. The summed E-state index contributed by atoms with van der Waals surface area (Å²) in [5.74, 6) is -2.65. The Hall–Kier alpha value is -1.96. The number of benzene rings is 2. The van der Waals surface area contributed by atoms with Crippen LogP contribution in [0.25, 0.3) is 0 Å². The van der Waals surface area contributed by atoms with Gasteiger partial charge in [0.1, 0.15) is 5.82 Å². The Morgan fingerprint density at radius 2 is 1.75 bits per heavy atom. The Labute approximate surface area is 127 Å². The van der Waals surface area contributed by atoms with Gasteiger partial charge in [-0.2, -0.15) is 0 Å². The van der Waals surface area contributed by atoms with Gasteiger partial charge in [-0.3, -0.25) is 4.79 Å². The summed E-state index contributed by atoms with van der Waals surface area (Å²) >= 11 is 2.09. The number of carboxylic acids is 1. The molecular formula is C14H9FINO3. The van der Waals surface area contributed by atoms with E-state index < -0.39 is 17.7 Å². The molecule has 2 aromatic rings. The van der Waals surface area contributed by atoms with Crippen molar-refractivity contribution in [2.75, 3.05) is 5.32 Å². The van der Waals surface area contributed by atoms with Gasteiger partial charge in [0.15, 0.2) is 0 Å². The zero-order valence-corrected chi connectivity index (χ0v) is 12.2. The van der Waals surface area contributed by atoms with E-state index >= 15 is 0 Å². The average molecular weight is 385 g/mol. The first kappa shape index (κ1) is 14.4. The molecule has 0 unspecified atom stereocenters. The van der Waals surface area contributed by atoms with Gasteiger partial charge in [-0.25, -0.2) is 9.18 Å². The number of carbonyl (C=O) groups is 2. The molecule has 0 bridgehead atoms. The van der Waals surface area contributed by atoms with Crippen molar-refractivity contribution in [3.63, 3.8) is 0 Å². The minimum Gasteiger partial charge on any atom is -0.478 e. The van der Waals surface area contributed by atoms with Crippen molar-refractivity contribution in [2.24, 2.45) is 0 Å². The first-order valence-corrected chi connectivity index (χ1v) is 6.65. The number of nitrogens with one attached hydrogen (secondary N) is 1. The molecule has 0 aliphatic rings. The number of para-hydroxylation sites is 1. The van der Waals surface area contributed by atoms with Crippen molar-refractivity contribution in [3.05, 3.63) is 63.0 Å². The summed E-state index contributed by atoms with van der Waals surface area (Å²) < 4.78 is 14.6. The molecule has 0 saturated carbocycles. The van der Waals surface area contributed by atoms with Gasteiger partial charge < -0.3 is 10.4 Å². The summed E-state index contributed by atoms with van der Waals surface area (Å²) in [4.78, 5) is 23.0. The molecule has 0 aliphatic carbocycles. The number of anilines is 1. The highest BCUT2D eigenvalue weighted by Gasteiger charge is 2.17. The van der Waals surface area contributed by atoms with Crippen LogP contribution in [0.2, 0.25) is 0 Å². The molecule has 6 heteroatoms. The Kier molecular flexibility index (Phi) is 4.33. The van der Waals surface area contributed by atoms with Crippen molar-refractivity contribution in [1.29, 1.82) is 0 Å². The molecule has 0 aliphatic heterocycles. The van der Waals surface area contributed by atoms with E-state index in [4.69, 9.17) is 5.11 Å². The van der Waals surface area contributed by atoms with Crippen molar-refractivity contribution in [3.8, 4) is 0 Å². The molecule has 2 rings (SSSR count). The molecule has 0 heterocycles. The minimum absolute atomic E-state index is 0.288. The third-order valence-electron chi connectivity index (χ3n) is 2.59. The summed E-state index contributed by atoms with van der Waals surface area (Å²) in [6, 6.07) is 10.2. The van der Waals surface area contributed by atoms with Crippen LogP contribution in [0.3, 0.4) is 0 Å². The molecule has 0 atom stereocenters. The van der Waals surface area contributed by atoms with Gasteiger partial charge in [-0.15, -0.1) is 0 Å². The van der Waals surface area contributed by atoms with Crippen LogP contribution in [0.4, 0.5) is 10.1 Å². The summed E-state index contributed by atoms with van der Waals surface area (Å²) in [6.07, 6.45) is 0. The monoisotopic (exact) mass is 385 g/mol. The third-order valence-corrected chi connectivity index (χ3v) is 3.31. The molecular weight excluding hydrogens is 376 g/mol. The molecule has 0 radical (unpaired) electrons. The van der Waals surface area contributed by atoms with Crippen LogP contribution in [-0.2, 0) is 0 Å². The Morgan fingerprint density at radius 3 is 2.35 bits per heavy atom. The quantitative estimate of drug-likeness (QED) is 0.797. The number of rotatable bonds is 3. The van der Waals surface area contributed by atoms with Crippen molar-refractivity contribution in [1.82, 2.24) is 0 Å². The van der Waals surface area contributed by atoms with Crippen LogP contribution >= 0.6 is 22.6 Å². The second kappa shape index (κ2) is 6.00. The first-order valence-electron chi connectivity index (χ1n) is 5.58. The molecule has 4 nitrogen and oxygen atoms in total. The number of halogens is 2. The number of amides is 1. The molecule has 0 aromatic heterocycles. The number of hydrogen-bond acceptors (Lipinski definition) is 2. The van der Waals surface area contributed by atoms with Gasteiger partial charge in [0.2, 0.25) is 0 Å². The van der Waals surface area contributed by atoms with Crippen molar-refractivity contribution < 1.29 is 19.1 Å². The predicted molar refractivity (Wildman–Crippen MR) is 80.5 cm³/mol. The van der Waals surface area contributed by atoms with Gasteiger partial charge in [0.05, 0.1) is 11.3 Å². The molecule has 0 spiro atoms. The Bertz CT molecular complexity index is 671. The van der Waals surface area contributed by atoms with E-state index in [0.717, 1.165) is 9.64 Å². The van der Waals surface area contributed by atoms with Gasteiger partial charge in [-0.1, -0.05) is 6.07 Å². The zero-order valence-electron chi connectivity index (χ0n) is 10.1. The average Bonchev–Trinajstić information content (AvgIpc) is 2.41. The fourth-order valence-corrected chi connectivity index (χ4v) is 1.98. The fraction of sp³-hybridized carbons (Fsp3) is 0. The Balaban J connectivity index is 2.32. The summed E-state index contributed by atoms with van der Waals surface area (Å²) in [6.45, 7) is 0. The van der Waals surface area contributed by atoms with Gasteiger partial charge in [0.25, 0.3) is 5.91 Å². The lowest BCUT2D eigenvalue weighted by Gasteiger charge is -2.09. The maximum absolute atomic E-state index is 13.7. The topological polar surface area (TPSA) is 66.4 Å². The molecule has 20 heavy (non-hydrogen) atoms. The lowest BCUT2D eigenvalue weighted by molar-refractivity contribution is 0.0697. The van der Waals surface area contributed by atoms with Crippen LogP contribution in [0.15, 0.2) is 42.5 Å². The van der Waals surface area contributed by atoms with Crippen molar-refractivity contribution in [2.45, 2.75) is 0 Å². The minimum atomic E-state index is -1.30. The van der Waals surface area contributed by atoms with E-state index in [9.17, 15) is 14.0 Å². The molecule has 1 amide bonds. The summed E-state index contributed by atoms with van der Waals surface area (Å²) in [7, 11) is 0. The van der Waals surface area contributed by atoms with Crippen LogP contribution in [0.5, 0.6) is 0 Å². The van der Waals surface area contributed by atoms with Gasteiger partial charge >= 0.3 is 5.97 Å². The summed E-state index contributed by atoms with van der Waals surface area (Å²) in [5, 5.41) is 11.3. The highest BCUT2D eigenvalue weighted by Crippen LogP contribution is 2.21. The lowest BCUT2D eigenvalue weighted by Crippen LogP contribution is -2.16. The third kappa shape index (κ3) is 3.13. The predicted octanol–water partition coefficient (Wildman–Crippen LogP) is 3.38. The van der Waals surface area contributed by atoms with E-state index in [0.29, 0.717) is 5.56 Å². The maximum atomic E-state index is 13.7. The lowest BCUT2D eigenvalue weighted by atomic mass is 10.1. The molecule has 2 N–H and O–H groups in total. The normalized spacial score (nSPS) is 10.1. The SMILES string of the molecule is O=C(Nc1c(F)cccc1C(=O)O)c1ccc(I)cc1. The van der Waals surface area contributed by atoms with Gasteiger partial charge in [0, 0.05) is 9.13 Å². The molecule has 0 fully saturated rings. The van der Waals surface area contributed by atoms with E-state index in [-0.39, 0.29) is 11.3 Å². The van der Waals surface area contributed by atoms with E-state index in [1.165, 1.54) is 12.1 Å². The number of aromatic carboxylic acids is 1. The fourth-order valence-electron chi connectivity index (χ4n) is 1.62. The molecule has 2 aromatic carbocycles. The summed E-state index contributed by atoms with van der Waals surface area (Å²) in [5.41, 5.74) is -0.294. The van der Waals surface area contributed by atoms with Crippen molar-refractivity contribution >= 4 is 40.2 Å². The van der Waals surface area contributed by atoms with Crippen LogP contribution in [0, 0.1) is 9.39 Å². The largest absolute Gasteiger partial charge is 0.478 e. The molecule has 0 saturated heterocycles. The van der Waals surface area contributed by atoms with E-state index in [1.54, 1.807) is 24.3 Å². The highest BCUT2D eigenvalue weighted by molar-refractivity contribution is 14.1. The first-order chi connectivity index (χ1) is 9.49. The highest BCUT2D eigenvalue weighted by atomic mass is 127. The molecule has 102 valence electrons. The number of carbonyl (C=O) groups excluding carboxylic acids is 1. The van der Waals surface area contributed by atoms with E-state index in [1.807, 2.05) is 0 Å².